The van der Waals surface area contributed by atoms with Crippen LogP contribution in [0.1, 0.15) is 27.2 Å². The Bertz CT molecular complexity index is 169. The highest BCUT2D eigenvalue weighted by Gasteiger charge is 2.20. The van der Waals surface area contributed by atoms with Gasteiger partial charge in [-0.2, -0.15) is 0 Å². The van der Waals surface area contributed by atoms with Gasteiger partial charge in [0.2, 0.25) is 0 Å². The van der Waals surface area contributed by atoms with E-state index in [4.69, 9.17) is 4.74 Å². The molecule has 0 aromatic carbocycles. The van der Waals surface area contributed by atoms with Crippen LogP contribution in [0.25, 0.3) is 0 Å². The first kappa shape index (κ1) is 9.59. The van der Waals surface area contributed by atoms with Gasteiger partial charge >= 0.3 is 0 Å². The molecule has 1 heterocycles. The number of allylic oxidation sites excluding steroid dienone is 1. The van der Waals surface area contributed by atoms with Crippen molar-refractivity contribution < 1.29 is 4.74 Å². The molecule has 1 N–H and O–H groups in total. The Morgan fingerprint density at radius 1 is 1.58 bits per heavy atom. The third kappa shape index (κ3) is 3.26. The van der Waals surface area contributed by atoms with E-state index in [2.05, 4.69) is 32.7 Å². The van der Waals surface area contributed by atoms with Crippen molar-refractivity contribution in [1.29, 1.82) is 0 Å². The Kier molecular flexibility index (Phi) is 2.78. The van der Waals surface area contributed by atoms with E-state index in [1.165, 1.54) is 0 Å². The van der Waals surface area contributed by atoms with Crippen molar-refractivity contribution in [2.24, 2.45) is 5.92 Å². The monoisotopic (exact) mass is 169 g/mol. The lowest BCUT2D eigenvalue weighted by atomic mass is 10.1. The van der Waals surface area contributed by atoms with Gasteiger partial charge in [-0.05, 0) is 27.2 Å². The van der Waals surface area contributed by atoms with Crippen LogP contribution < -0.4 is 5.32 Å². The van der Waals surface area contributed by atoms with Gasteiger partial charge in [0.05, 0.1) is 12.2 Å². The smallest absolute Gasteiger partial charge is 0.0598 e. The second-order valence-electron chi connectivity index (χ2n) is 4.48. The molecule has 0 unspecified atom stereocenters. The summed E-state index contributed by atoms with van der Waals surface area (Å²) in [6.45, 7) is 12.0. The average molecular weight is 169 g/mol. The fraction of sp³-hybridized carbons (Fsp3) is 0.800. The fourth-order valence-electron chi connectivity index (χ4n) is 1.27. The van der Waals surface area contributed by atoms with Gasteiger partial charge in [-0.15, -0.1) is 0 Å². The molecule has 0 spiro atoms. The number of hydrogen-bond donors (Lipinski definition) is 1. The molecule has 1 saturated heterocycles. The number of nitrogens with one attached hydrogen (secondary N) is 1. The molecule has 1 fully saturated rings. The molecule has 1 aliphatic heterocycles. The quantitative estimate of drug-likeness (QED) is 0.682. The van der Waals surface area contributed by atoms with E-state index in [0.29, 0.717) is 5.92 Å². The van der Waals surface area contributed by atoms with Crippen LogP contribution in [0.5, 0.6) is 0 Å². The van der Waals surface area contributed by atoms with Crippen LogP contribution in [-0.4, -0.2) is 18.8 Å². The van der Waals surface area contributed by atoms with Crippen molar-refractivity contribution in [3.63, 3.8) is 0 Å². The van der Waals surface area contributed by atoms with Crippen molar-refractivity contribution >= 4 is 0 Å². The molecule has 0 bridgehead atoms. The minimum Gasteiger partial charge on any atom is -0.388 e. The van der Waals surface area contributed by atoms with Crippen LogP contribution in [0.4, 0.5) is 0 Å². The molecule has 0 aromatic heterocycles. The van der Waals surface area contributed by atoms with Crippen molar-refractivity contribution in [3.05, 3.63) is 12.3 Å². The fourth-order valence-corrected chi connectivity index (χ4v) is 1.27. The van der Waals surface area contributed by atoms with E-state index in [1.54, 1.807) is 0 Å². The summed E-state index contributed by atoms with van der Waals surface area (Å²) >= 11 is 0. The Balaban J connectivity index is 2.20. The molecule has 12 heavy (non-hydrogen) atoms. The molecule has 2 heteroatoms. The van der Waals surface area contributed by atoms with Gasteiger partial charge in [-0.3, -0.25) is 0 Å². The average Bonchev–Trinajstić information content (AvgIpc) is 2.30. The third-order valence-corrected chi connectivity index (χ3v) is 1.93. The molecule has 0 amide bonds. The molecule has 0 aromatic rings. The Labute approximate surface area is 75.0 Å². The van der Waals surface area contributed by atoms with Gasteiger partial charge < -0.3 is 10.1 Å². The lowest BCUT2D eigenvalue weighted by Crippen LogP contribution is -2.24. The zero-order valence-electron chi connectivity index (χ0n) is 8.31. The Morgan fingerprint density at radius 3 is 2.67 bits per heavy atom. The normalized spacial score (nSPS) is 24.2. The molecule has 1 aliphatic rings. The lowest BCUT2D eigenvalue weighted by Gasteiger charge is -2.21. The number of ether oxygens (including phenoxy) is 1. The summed E-state index contributed by atoms with van der Waals surface area (Å²) in [7, 11) is 0. The van der Waals surface area contributed by atoms with Crippen LogP contribution in [0.15, 0.2) is 12.3 Å². The van der Waals surface area contributed by atoms with Crippen molar-refractivity contribution in [2.75, 3.05) is 13.2 Å². The number of hydrogen-bond acceptors (Lipinski definition) is 2. The zero-order chi connectivity index (χ0) is 9.19. The van der Waals surface area contributed by atoms with E-state index in [9.17, 15) is 0 Å². The molecule has 2 nitrogen and oxygen atoms in total. The highest BCUT2D eigenvalue weighted by Crippen LogP contribution is 2.18. The van der Waals surface area contributed by atoms with E-state index < -0.39 is 0 Å². The molecule has 0 aliphatic carbocycles. The first-order valence-corrected chi connectivity index (χ1v) is 4.53. The van der Waals surface area contributed by atoms with Crippen molar-refractivity contribution in [3.8, 4) is 0 Å². The maximum Gasteiger partial charge on any atom is 0.0598 e. The maximum atomic E-state index is 5.68. The van der Waals surface area contributed by atoms with Crippen LogP contribution >= 0.6 is 0 Å². The molecular weight excluding hydrogens is 150 g/mol. The third-order valence-electron chi connectivity index (χ3n) is 1.93. The summed E-state index contributed by atoms with van der Waals surface area (Å²) in [5.74, 6) is 0.622. The number of rotatable bonds is 2. The Morgan fingerprint density at radius 2 is 2.25 bits per heavy atom. The van der Waals surface area contributed by atoms with E-state index in [-0.39, 0.29) is 5.60 Å². The highest BCUT2D eigenvalue weighted by atomic mass is 16.5. The molecular formula is C10H19NO. The van der Waals surface area contributed by atoms with Crippen molar-refractivity contribution in [2.45, 2.75) is 32.8 Å². The molecule has 0 saturated carbocycles. The van der Waals surface area contributed by atoms with Crippen LogP contribution in [0.3, 0.4) is 0 Å². The van der Waals surface area contributed by atoms with Gasteiger partial charge in [0.15, 0.2) is 0 Å². The Hall–Kier alpha value is -0.500. The standard InChI is InChI=1S/C10H19NO/c1-8-5-9(6-11-8)7-12-10(2,3)4/h9,11H,1,5-7H2,2-4H3/t9-/m0/s1. The van der Waals surface area contributed by atoms with Crippen LogP contribution in [0.2, 0.25) is 0 Å². The second-order valence-corrected chi connectivity index (χ2v) is 4.48. The summed E-state index contributed by atoms with van der Waals surface area (Å²) in [6, 6.07) is 0. The minimum atomic E-state index is -0.01000. The predicted molar refractivity (Wildman–Crippen MR) is 51.0 cm³/mol. The minimum absolute atomic E-state index is 0.01000. The largest absolute Gasteiger partial charge is 0.388 e. The second kappa shape index (κ2) is 3.48. The van der Waals surface area contributed by atoms with E-state index >= 15 is 0 Å². The van der Waals surface area contributed by atoms with Crippen LogP contribution in [-0.2, 0) is 4.74 Å². The topological polar surface area (TPSA) is 21.3 Å². The summed E-state index contributed by atoms with van der Waals surface area (Å²) in [6.07, 6.45) is 1.07. The predicted octanol–water partition coefficient (Wildman–Crippen LogP) is 1.92. The molecule has 0 radical (unpaired) electrons. The summed E-state index contributed by atoms with van der Waals surface area (Å²) in [5.41, 5.74) is 1.14. The highest BCUT2D eigenvalue weighted by molar-refractivity contribution is 5.00. The summed E-state index contributed by atoms with van der Waals surface area (Å²) in [4.78, 5) is 0. The van der Waals surface area contributed by atoms with Gasteiger partial charge in [-0.25, -0.2) is 0 Å². The van der Waals surface area contributed by atoms with Gasteiger partial charge in [0, 0.05) is 18.2 Å². The summed E-state index contributed by atoms with van der Waals surface area (Å²) in [5, 5.41) is 3.23. The van der Waals surface area contributed by atoms with Crippen LogP contribution in [0, 0.1) is 5.92 Å². The maximum absolute atomic E-state index is 5.68. The van der Waals surface area contributed by atoms with Gasteiger partial charge in [-0.1, -0.05) is 6.58 Å². The molecule has 70 valence electrons. The van der Waals surface area contributed by atoms with Gasteiger partial charge in [0.25, 0.3) is 0 Å². The van der Waals surface area contributed by atoms with E-state index in [0.717, 1.165) is 25.3 Å². The zero-order valence-corrected chi connectivity index (χ0v) is 8.31. The lowest BCUT2D eigenvalue weighted by molar-refractivity contribution is -0.0189. The molecule has 1 atom stereocenters. The van der Waals surface area contributed by atoms with Gasteiger partial charge in [0.1, 0.15) is 0 Å². The SMILES string of the molecule is C=C1C[C@H](COC(C)(C)C)CN1. The first-order valence-electron chi connectivity index (χ1n) is 4.53. The van der Waals surface area contributed by atoms with E-state index in [1.807, 2.05) is 0 Å². The van der Waals surface area contributed by atoms with Crippen molar-refractivity contribution in [1.82, 2.24) is 5.32 Å². The first-order chi connectivity index (χ1) is 5.47. The molecule has 1 rings (SSSR count). The summed E-state index contributed by atoms with van der Waals surface area (Å²) < 4.78 is 5.68.